The van der Waals surface area contributed by atoms with E-state index in [1.54, 1.807) is 0 Å². The second-order valence-electron chi connectivity index (χ2n) is 11.7. The first-order chi connectivity index (χ1) is 18.9. The van der Waals surface area contributed by atoms with Gasteiger partial charge in [0.1, 0.15) is 5.69 Å². The van der Waals surface area contributed by atoms with Crippen LogP contribution >= 0.6 is 0 Å². The van der Waals surface area contributed by atoms with Crippen LogP contribution in [0.4, 0.5) is 0 Å². The second-order valence-corrected chi connectivity index (χ2v) is 11.7. The molecule has 1 aromatic heterocycles. The molecule has 4 nitrogen and oxygen atoms in total. The second kappa shape index (κ2) is 14.4. The highest BCUT2D eigenvalue weighted by atomic mass is 16.2. The smallest absolute Gasteiger partial charge is 0.272 e. The van der Waals surface area contributed by atoms with Crippen LogP contribution in [-0.2, 0) is 13.0 Å². The van der Waals surface area contributed by atoms with Gasteiger partial charge in [-0.3, -0.25) is 9.78 Å². The lowest BCUT2D eigenvalue weighted by Gasteiger charge is -2.38. The molecule has 1 saturated heterocycles. The van der Waals surface area contributed by atoms with Crippen molar-refractivity contribution in [3.8, 4) is 11.1 Å². The third-order valence-electron chi connectivity index (χ3n) is 8.16. The van der Waals surface area contributed by atoms with Crippen LogP contribution in [0.3, 0.4) is 0 Å². The van der Waals surface area contributed by atoms with E-state index in [0.717, 1.165) is 44.8 Å². The number of aromatic nitrogens is 1. The molecule has 2 aromatic carbocycles. The summed E-state index contributed by atoms with van der Waals surface area (Å²) in [5.74, 6) is 0.776. The van der Waals surface area contributed by atoms with Crippen molar-refractivity contribution in [2.24, 2.45) is 5.92 Å². The summed E-state index contributed by atoms with van der Waals surface area (Å²) < 4.78 is 0. The largest absolute Gasteiger partial charge is 0.330 e. The summed E-state index contributed by atoms with van der Waals surface area (Å²) in [5, 5.41) is 0. The highest BCUT2D eigenvalue weighted by molar-refractivity contribution is 5.92. The Kier molecular flexibility index (Phi) is 10.7. The first kappa shape index (κ1) is 29.0. The molecule has 4 heteroatoms. The number of hydrogen-bond donors (Lipinski definition) is 0. The Bertz CT molecular complexity index is 1160. The van der Waals surface area contributed by atoms with Gasteiger partial charge < -0.3 is 9.80 Å². The molecule has 1 fully saturated rings. The Balaban J connectivity index is 1.49. The molecule has 0 spiro atoms. The molecule has 1 amide bonds. The number of carbonyl (C=O) groups excluding carboxylic acids is 1. The maximum Gasteiger partial charge on any atom is 0.272 e. The van der Waals surface area contributed by atoms with Crippen molar-refractivity contribution in [3.63, 3.8) is 0 Å². The molecule has 0 radical (unpaired) electrons. The highest BCUT2D eigenvalue weighted by Gasteiger charge is 2.29. The summed E-state index contributed by atoms with van der Waals surface area (Å²) >= 11 is 0. The van der Waals surface area contributed by atoms with E-state index in [0.29, 0.717) is 12.2 Å². The van der Waals surface area contributed by atoms with Crippen LogP contribution in [0.1, 0.15) is 86.5 Å². The van der Waals surface area contributed by atoms with Crippen LogP contribution in [0, 0.1) is 12.8 Å². The highest BCUT2D eigenvalue weighted by Crippen LogP contribution is 2.26. The first-order valence-electron chi connectivity index (χ1n) is 15.1. The van der Waals surface area contributed by atoms with Crippen molar-refractivity contribution in [1.29, 1.82) is 0 Å². The van der Waals surface area contributed by atoms with E-state index in [1.807, 2.05) is 12.3 Å². The summed E-state index contributed by atoms with van der Waals surface area (Å²) in [6.07, 6.45) is 9.81. The molecule has 0 N–H and O–H groups in total. The first-order valence-corrected chi connectivity index (χ1v) is 15.1. The maximum absolute atomic E-state index is 13.9. The minimum Gasteiger partial charge on any atom is -0.330 e. The van der Waals surface area contributed by atoms with E-state index in [1.165, 1.54) is 53.5 Å². The monoisotopic (exact) mass is 525 g/mol. The fraction of sp³-hybridized carbons (Fsp3) is 0.486. The van der Waals surface area contributed by atoms with Crippen LogP contribution in [0.25, 0.3) is 11.1 Å². The van der Waals surface area contributed by atoms with Crippen LogP contribution in [0.5, 0.6) is 0 Å². The molecule has 0 saturated carbocycles. The summed E-state index contributed by atoms with van der Waals surface area (Å²) in [7, 11) is 0. The Morgan fingerprint density at radius 2 is 1.69 bits per heavy atom. The van der Waals surface area contributed by atoms with Crippen LogP contribution in [0.2, 0.25) is 0 Å². The quantitative estimate of drug-likeness (QED) is 0.225. The molecule has 1 aliphatic rings. The molecule has 39 heavy (non-hydrogen) atoms. The van der Waals surface area contributed by atoms with Gasteiger partial charge in [-0.1, -0.05) is 88.2 Å². The molecular formula is C35H47N3O. The number of nitrogens with zero attached hydrogens (tertiary/aromatic N) is 3. The van der Waals surface area contributed by atoms with E-state index < -0.39 is 0 Å². The molecule has 1 aliphatic heterocycles. The molecule has 0 bridgehead atoms. The van der Waals surface area contributed by atoms with Gasteiger partial charge >= 0.3 is 0 Å². The number of hydrogen-bond acceptors (Lipinski definition) is 3. The van der Waals surface area contributed by atoms with E-state index in [4.69, 9.17) is 0 Å². The zero-order valence-corrected chi connectivity index (χ0v) is 24.5. The molecule has 4 rings (SSSR count). The van der Waals surface area contributed by atoms with Gasteiger partial charge in [-0.15, -0.1) is 0 Å². The normalized spacial score (nSPS) is 14.6. The zero-order chi connectivity index (χ0) is 27.6. The van der Waals surface area contributed by atoms with Gasteiger partial charge in [0, 0.05) is 31.9 Å². The van der Waals surface area contributed by atoms with Crippen LogP contribution < -0.4 is 0 Å². The van der Waals surface area contributed by atoms with E-state index in [-0.39, 0.29) is 11.9 Å². The summed E-state index contributed by atoms with van der Waals surface area (Å²) in [5.41, 5.74) is 6.70. The lowest BCUT2D eigenvalue weighted by molar-refractivity contribution is 0.0540. The average molecular weight is 526 g/mol. The standard InChI is InChI=1S/C35H47N3O/c1-5-6-7-11-29-15-18-34(36-25-29)35(39)38(32-20-23-37(24-21-32)22-19-27(2)3)26-30-13-16-31(17-14-30)33-12-9-8-10-28(33)4/h8-10,12-18,25,27,32H,5-7,11,19-24,26H2,1-4H3. The van der Waals surface area contributed by atoms with Gasteiger partial charge in [0.2, 0.25) is 0 Å². The van der Waals surface area contributed by atoms with Crippen LogP contribution in [0.15, 0.2) is 66.9 Å². The molecule has 2 heterocycles. The molecule has 3 aromatic rings. The number of carbonyl (C=O) groups is 1. The third kappa shape index (κ3) is 8.25. The lowest BCUT2D eigenvalue weighted by atomic mass is 9.98. The van der Waals surface area contributed by atoms with E-state index >= 15 is 0 Å². The fourth-order valence-corrected chi connectivity index (χ4v) is 5.57. The molecule has 0 aliphatic carbocycles. The van der Waals surface area contributed by atoms with Crippen molar-refractivity contribution in [2.45, 2.75) is 85.2 Å². The van der Waals surface area contributed by atoms with Gasteiger partial charge in [0.05, 0.1) is 0 Å². The number of amides is 1. The summed E-state index contributed by atoms with van der Waals surface area (Å²) in [6, 6.07) is 21.5. The predicted molar refractivity (Wildman–Crippen MR) is 163 cm³/mol. The number of likely N-dealkylation sites (tertiary alicyclic amines) is 1. The Labute approximate surface area is 236 Å². The summed E-state index contributed by atoms with van der Waals surface area (Å²) in [4.78, 5) is 23.2. The Hall–Kier alpha value is -2.98. The number of benzene rings is 2. The van der Waals surface area contributed by atoms with Gasteiger partial charge in [-0.2, -0.15) is 0 Å². The van der Waals surface area contributed by atoms with E-state index in [2.05, 4.69) is 97.1 Å². The summed E-state index contributed by atoms with van der Waals surface area (Å²) in [6.45, 7) is 12.8. The minimum absolute atomic E-state index is 0.0544. The van der Waals surface area contributed by atoms with Crippen molar-refractivity contribution in [2.75, 3.05) is 19.6 Å². The molecule has 208 valence electrons. The zero-order valence-electron chi connectivity index (χ0n) is 24.5. The van der Waals surface area contributed by atoms with E-state index in [9.17, 15) is 4.79 Å². The number of aryl methyl sites for hydroxylation is 2. The van der Waals surface area contributed by atoms with Crippen molar-refractivity contribution in [3.05, 3.63) is 89.2 Å². The van der Waals surface area contributed by atoms with Gasteiger partial charge in [0.15, 0.2) is 0 Å². The third-order valence-corrected chi connectivity index (χ3v) is 8.16. The Morgan fingerprint density at radius 3 is 2.33 bits per heavy atom. The topological polar surface area (TPSA) is 36.4 Å². The maximum atomic E-state index is 13.9. The SMILES string of the molecule is CCCCCc1ccc(C(=O)N(Cc2ccc(-c3ccccc3C)cc2)C2CCN(CCC(C)C)CC2)nc1. The number of pyridine rings is 1. The van der Waals surface area contributed by atoms with Crippen molar-refractivity contribution in [1.82, 2.24) is 14.8 Å². The van der Waals surface area contributed by atoms with Gasteiger partial charge in [0.25, 0.3) is 5.91 Å². The van der Waals surface area contributed by atoms with Gasteiger partial charge in [-0.05, 0) is 85.4 Å². The Morgan fingerprint density at radius 1 is 0.974 bits per heavy atom. The average Bonchev–Trinajstić information content (AvgIpc) is 2.96. The minimum atomic E-state index is 0.0544. The van der Waals surface area contributed by atoms with Crippen molar-refractivity contribution < 1.29 is 4.79 Å². The van der Waals surface area contributed by atoms with Crippen LogP contribution in [-0.4, -0.2) is 46.4 Å². The van der Waals surface area contributed by atoms with Gasteiger partial charge in [-0.25, -0.2) is 0 Å². The predicted octanol–water partition coefficient (Wildman–Crippen LogP) is 7.94. The molecular weight excluding hydrogens is 478 g/mol. The lowest BCUT2D eigenvalue weighted by Crippen LogP contribution is -2.47. The number of rotatable bonds is 12. The number of unbranched alkanes of at least 4 members (excludes halogenated alkanes) is 2. The fourth-order valence-electron chi connectivity index (χ4n) is 5.57. The van der Waals surface area contributed by atoms with Crippen molar-refractivity contribution >= 4 is 5.91 Å². The molecule has 0 atom stereocenters. The molecule has 0 unspecified atom stereocenters. The number of piperidine rings is 1.